The van der Waals surface area contributed by atoms with Gasteiger partial charge in [-0.1, -0.05) is 6.92 Å². The van der Waals surface area contributed by atoms with Crippen LogP contribution >= 0.6 is 0 Å². The third kappa shape index (κ3) is 4.19. The second-order valence-electron chi connectivity index (χ2n) is 6.69. The molecule has 1 saturated heterocycles. The molecule has 0 aliphatic carbocycles. The Hall–Kier alpha value is -1.62. The number of nitrogens with one attached hydrogen (secondary N) is 1. The SMILES string of the molecule is CCc1cc(OC(C(=O)OC(C)(C)C)[C@@H]2CCN2)cnc1C. The molecule has 0 bridgehead atoms. The number of esters is 1. The van der Waals surface area contributed by atoms with Gasteiger partial charge >= 0.3 is 5.97 Å². The number of carbonyl (C=O) groups excluding carboxylic acids is 1. The number of aromatic nitrogens is 1. The molecule has 5 heteroatoms. The van der Waals surface area contributed by atoms with Gasteiger partial charge in [-0.05, 0) is 58.7 Å². The van der Waals surface area contributed by atoms with Gasteiger partial charge in [0.1, 0.15) is 11.4 Å². The average Bonchev–Trinajstić information content (AvgIpc) is 2.36. The van der Waals surface area contributed by atoms with Gasteiger partial charge in [0.15, 0.2) is 0 Å². The molecule has 1 N–H and O–H groups in total. The number of carbonyl (C=O) groups is 1. The fourth-order valence-electron chi connectivity index (χ4n) is 2.35. The minimum absolute atomic E-state index is 0.00114. The van der Waals surface area contributed by atoms with E-state index >= 15 is 0 Å². The van der Waals surface area contributed by atoms with Crippen molar-refractivity contribution in [1.29, 1.82) is 0 Å². The zero-order valence-electron chi connectivity index (χ0n) is 14.1. The zero-order valence-corrected chi connectivity index (χ0v) is 14.1. The van der Waals surface area contributed by atoms with E-state index in [1.54, 1.807) is 6.20 Å². The Bertz CT molecular complexity index is 533. The van der Waals surface area contributed by atoms with Gasteiger partial charge in [-0.2, -0.15) is 0 Å². The van der Waals surface area contributed by atoms with Crippen molar-refractivity contribution >= 4 is 5.97 Å². The second kappa shape index (κ2) is 6.65. The van der Waals surface area contributed by atoms with Gasteiger partial charge in [-0.25, -0.2) is 4.79 Å². The zero-order chi connectivity index (χ0) is 16.3. The van der Waals surface area contributed by atoms with E-state index in [9.17, 15) is 4.79 Å². The Morgan fingerprint density at radius 1 is 1.50 bits per heavy atom. The molecule has 2 heterocycles. The van der Waals surface area contributed by atoms with Crippen molar-refractivity contribution < 1.29 is 14.3 Å². The van der Waals surface area contributed by atoms with E-state index in [2.05, 4.69) is 17.2 Å². The van der Waals surface area contributed by atoms with E-state index in [1.807, 2.05) is 33.8 Å². The predicted molar refractivity (Wildman–Crippen MR) is 85.0 cm³/mol. The van der Waals surface area contributed by atoms with Gasteiger partial charge in [-0.3, -0.25) is 4.98 Å². The molecule has 0 aromatic carbocycles. The molecule has 1 aliphatic heterocycles. The summed E-state index contributed by atoms with van der Waals surface area (Å²) in [6.07, 6.45) is 2.82. The normalized spacial score (nSPS) is 19.2. The number of ether oxygens (including phenoxy) is 2. The highest BCUT2D eigenvalue weighted by molar-refractivity contribution is 5.76. The molecule has 0 amide bonds. The number of hydrogen-bond acceptors (Lipinski definition) is 5. The molecule has 1 fully saturated rings. The summed E-state index contributed by atoms with van der Waals surface area (Å²) in [5.74, 6) is 0.287. The molecule has 0 radical (unpaired) electrons. The van der Waals surface area contributed by atoms with Crippen LogP contribution in [0.15, 0.2) is 12.3 Å². The van der Waals surface area contributed by atoms with Crippen LogP contribution in [0.2, 0.25) is 0 Å². The van der Waals surface area contributed by atoms with E-state index < -0.39 is 11.7 Å². The minimum Gasteiger partial charge on any atom is -0.475 e. The van der Waals surface area contributed by atoms with E-state index in [-0.39, 0.29) is 12.0 Å². The van der Waals surface area contributed by atoms with Gasteiger partial charge in [0.2, 0.25) is 6.10 Å². The van der Waals surface area contributed by atoms with Crippen molar-refractivity contribution in [2.24, 2.45) is 0 Å². The lowest BCUT2D eigenvalue weighted by atomic mass is 10.0. The molecule has 1 aliphatic rings. The highest BCUT2D eigenvalue weighted by Crippen LogP contribution is 2.22. The highest BCUT2D eigenvalue weighted by Gasteiger charge is 2.37. The van der Waals surface area contributed by atoms with Crippen LogP contribution in [0.5, 0.6) is 5.75 Å². The number of pyridine rings is 1. The summed E-state index contributed by atoms with van der Waals surface area (Å²) in [6, 6.07) is 1.96. The van der Waals surface area contributed by atoms with Crippen molar-refractivity contribution in [3.63, 3.8) is 0 Å². The maximum atomic E-state index is 12.4. The minimum atomic E-state index is -0.637. The first-order chi connectivity index (χ1) is 10.3. The fourth-order valence-corrected chi connectivity index (χ4v) is 2.35. The first-order valence-electron chi connectivity index (χ1n) is 7.88. The average molecular weight is 306 g/mol. The first-order valence-corrected chi connectivity index (χ1v) is 7.88. The van der Waals surface area contributed by atoms with Crippen LogP contribution in [-0.2, 0) is 16.0 Å². The molecule has 0 spiro atoms. The van der Waals surface area contributed by atoms with Crippen LogP contribution in [-0.4, -0.2) is 35.2 Å². The van der Waals surface area contributed by atoms with E-state index in [4.69, 9.17) is 9.47 Å². The monoisotopic (exact) mass is 306 g/mol. The Morgan fingerprint density at radius 3 is 2.68 bits per heavy atom. The lowest BCUT2D eigenvalue weighted by molar-refractivity contribution is -0.165. The summed E-state index contributed by atoms with van der Waals surface area (Å²) < 4.78 is 11.4. The standard InChI is InChI=1S/C17H26N2O3/c1-6-12-9-13(10-19-11(12)2)21-15(14-7-8-18-14)16(20)22-17(3,4)5/h9-10,14-15,18H,6-8H2,1-5H3/t14-,15?/m0/s1. The van der Waals surface area contributed by atoms with E-state index in [1.165, 1.54) is 0 Å². The molecular weight excluding hydrogens is 280 g/mol. The molecule has 22 heavy (non-hydrogen) atoms. The maximum Gasteiger partial charge on any atom is 0.349 e. The van der Waals surface area contributed by atoms with Gasteiger partial charge in [0, 0.05) is 5.69 Å². The molecule has 1 unspecified atom stereocenters. The molecule has 1 aromatic rings. The van der Waals surface area contributed by atoms with Crippen molar-refractivity contribution in [3.05, 3.63) is 23.5 Å². The van der Waals surface area contributed by atoms with E-state index in [0.717, 1.165) is 30.6 Å². The number of rotatable bonds is 5. The van der Waals surface area contributed by atoms with Crippen LogP contribution in [0, 0.1) is 6.92 Å². The summed E-state index contributed by atoms with van der Waals surface area (Å²) in [5.41, 5.74) is 1.59. The van der Waals surface area contributed by atoms with E-state index in [0.29, 0.717) is 5.75 Å². The quantitative estimate of drug-likeness (QED) is 0.847. The summed E-state index contributed by atoms with van der Waals surface area (Å²) in [4.78, 5) is 16.8. The summed E-state index contributed by atoms with van der Waals surface area (Å²) in [7, 11) is 0. The second-order valence-corrected chi connectivity index (χ2v) is 6.69. The van der Waals surface area contributed by atoms with Crippen LogP contribution in [0.3, 0.4) is 0 Å². The summed E-state index contributed by atoms with van der Waals surface area (Å²) >= 11 is 0. The molecule has 1 aromatic heterocycles. The molecule has 2 rings (SSSR count). The molecular formula is C17H26N2O3. The molecule has 0 saturated carbocycles. The Labute approximate surface area is 132 Å². The van der Waals surface area contributed by atoms with Crippen LogP contribution in [0.4, 0.5) is 0 Å². The summed E-state index contributed by atoms with van der Waals surface area (Å²) in [5, 5.41) is 3.23. The van der Waals surface area contributed by atoms with Gasteiger partial charge < -0.3 is 14.8 Å². The third-order valence-electron chi connectivity index (χ3n) is 3.68. The Morgan fingerprint density at radius 2 is 2.18 bits per heavy atom. The third-order valence-corrected chi connectivity index (χ3v) is 3.68. The first kappa shape index (κ1) is 16.7. The fraction of sp³-hybridized carbons (Fsp3) is 0.647. The van der Waals surface area contributed by atoms with Crippen molar-refractivity contribution in [3.8, 4) is 5.75 Å². The Kier molecular flexibility index (Phi) is 5.06. The number of nitrogens with zero attached hydrogens (tertiary/aromatic N) is 1. The molecule has 122 valence electrons. The predicted octanol–water partition coefficient (Wildman–Crippen LogP) is 2.40. The number of hydrogen-bond donors (Lipinski definition) is 1. The molecule has 2 atom stereocenters. The van der Waals surface area contributed by atoms with Crippen molar-refractivity contribution in [1.82, 2.24) is 10.3 Å². The molecule has 5 nitrogen and oxygen atoms in total. The summed E-state index contributed by atoms with van der Waals surface area (Å²) in [6.45, 7) is 10.5. The van der Waals surface area contributed by atoms with Crippen LogP contribution in [0.25, 0.3) is 0 Å². The lowest BCUT2D eigenvalue weighted by Gasteiger charge is -2.35. The van der Waals surface area contributed by atoms with Gasteiger partial charge in [0.05, 0.1) is 12.2 Å². The van der Waals surface area contributed by atoms with Crippen molar-refractivity contribution in [2.75, 3.05) is 6.54 Å². The topological polar surface area (TPSA) is 60.5 Å². The maximum absolute atomic E-state index is 12.4. The number of aryl methyl sites for hydroxylation is 2. The van der Waals surface area contributed by atoms with Gasteiger partial charge in [-0.15, -0.1) is 0 Å². The highest BCUT2D eigenvalue weighted by atomic mass is 16.6. The smallest absolute Gasteiger partial charge is 0.349 e. The van der Waals surface area contributed by atoms with Crippen LogP contribution in [0.1, 0.15) is 45.4 Å². The lowest BCUT2D eigenvalue weighted by Crippen LogP contribution is -2.57. The Balaban J connectivity index is 2.14. The van der Waals surface area contributed by atoms with Gasteiger partial charge in [0.25, 0.3) is 0 Å². The van der Waals surface area contributed by atoms with Crippen LogP contribution < -0.4 is 10.1 Å². The largest absolute Gasteiger partial charge is 0.475 e. The van der Waals surface area contributed by atoms with Crippen molar-refractivity contribution in [2.45, 2.75) is 65.2 Å².